The number of nitrogens with zero attached hydrogens (tertiary/aromatic N) is 3. The third kappa shape index (κ3) is 3.96. The molecule has 19 heavy (non-hydrogen) atoms. The maximum absolute atomic E-state index is 11.7. The molecule has 0 aromatic carbocycles. The van der Waals surface area contributed by atoms with Gasteiger partial charge in [-0.15, -0.1) is 0 Å². The van der Waals surface area contributed by atoms with Crippen LogP contribution in [0.5, 0.6) is 0 Å². The van der Waals surface area contributed by atoms with Crippen molar-refractivity contribution in [2.45, 2.75) is 26.8 Å². The normalized spacial score (nSPS) is 19.6. The van der Waals surface area contributed by atoms with E-state index in [9.17, 15) is 4.79 Å². The summed E-state index contributed by atoms with van der Waals surface area (Å²) in [4.78, 5) is 14.2. The van der Waals surface area contributed by atoms with Crippen LogP contribution in [0.3, 0.4) is 0 Å². The van der Waals surface area contributed by atoms with Crippen LogP contribution in [0.1, 0.15) is 20.3 Å². The predicted octanol–water partition coefficient (Wildman–Crippen LogP) is 1.37. The first-order valence-corrected chi connectivity index (χ1v) is 7.01. The highest BCUT2D eigenvalue weighted by Gasteiger charge is 2.21. The average Bonchev–Trinajstić information content (AvgIpc) is 3.04. The van der Waals surface area contributed by atoms with Crippen LogP contribution in [-0.4, -0.2) is 46.9 Å². The number of hydrogen-bond acceptors (Lipinski definition) is 3. The van der Waals surface area contributed by atoms with E-state index in [0.29, 0.717) is 5.92 Å². The Labute approximate surface area is 114 Å². The molecule has 2 heterocycles. The summed E-state index contributed by atoms with van der Waals surface area (Å²) in [7, 11) is 0. The minimum atomic E-state index is -0.148. The van der Waals surface area contributed by atoms with E-state index in [1.54, 1.807) is 10.9 Å². The Kier molecular flexibility index (Phi) is 4.79. The third-order valence-corrected chi connectivity index (χ3v) is 3.58. The van der Waals surface area contributed by atoms with E-state index in [4.69, 9.17) is 0 Å². The quantitative estimate of drug-likeness (QED) is 0.845. The van der Waals surface area contributed by atoms with Crippen LogP contribution in [0.4, 0.5) is 10.5 Å². The monoisotopic (exact) mass is 265 g/mol. The SMILES string of the molecule is CCN1CC[C@@H](CNC(=O)Nc2cnn(CC)c2)C1. The molecule has 1 aliphatic rings. The molecule has 6 heteroatoms. The van der Waals surface area contributed by atoms with Crippen molar-refractivity contribution in [3.8, 4) is 0 Å². The minimum Gasteiger partial charge on any atom is -0.338 e. The van der Waals surface area contributed by atoms with Gasteiger partial charge in [-0.3, -0.25) is 4.68 Å². The average molecular weight is 265 g/mol. The fourth-order valence-electron chi connectivity index (χ4n) is 2.38. The van der Waals surface area contributed by atoms with Crippen molar-refractivity contribution in [3.05, 3.63) is 12.4 Å². The Balaban J connectivity index is 1.70. The number of nitrogens with one attached hydrogen (secondary N) is 2. The standard InChI is InChI=1S/C13H23N5O/c1-3-17-6-5-11(9-17)7-14-13(19)16-12-8-15-18(4-2)10-12/h8,10-11H,3-7,9H2,1-2H3,(H2,14,16,19)/t11-/m0/s1. The highest BCUT2D eigenvalue weighted by Crippen LogP contribution is 2.14. The fraction of sp³-hybridized carbons (Fsp3) is 0.692. The van der Waals surface area contributed by atoms with Gasteiger partial charge in [0.2, 0.25) is 0 Å². The summed E-state index contributed by atoms with van der Waals surface area (Å²) < 4.78 is 1.78. The lowest BCUT2D eigenvalue weighted by Crippen LogP contribution is -2.34. The Morgan fingerprint density at radius 1 is 1.47 bits per heavy atom. The highest BCUT2D eigenvalue weighted by molar-refractivity contribution is 5.88. The van der Waals surface area contributed by atoms with Crippen molar-refractivity contribution >= 4 is 11.7 Å². The molecule has 1 aliphatic heterocycles. The lowest BCUT2D eigenvalue weighted by atomic mass is 10.1. The second-order valence-corrected chi connectivity index (χ2v) is 4.97. The molecule has 2 rings (SSSR count). The molecule has 1 fully saturated rings. The van der Waals surface area contributed by atoms with E-state index < -0.39 is 0 Å². The highest BCUT2D eigenvalue weighted by atomic mass is 16.2. The molecule has 0 radical (unpaired) electrons. The second-order valence-electron chi connectivity index (χ2n) is 4.97. The van der Waals surface area contributed by atoms with Crippen molar-refractivity contribution in [2.75, 3.05) is 31.5 Å². The van der Waals surface area contributed by atoms with E-state index >= 15 is 0 Å². The maximum Gasteiger partial charge on any atom is 0.319 e. The summed E-state index contributed by atoms with van der Waals surface area (Å²) >= 11 is 0. The number of carbonyl (C=O) groups excluding carboxylic acids is 1. The number of likely N-dealkylation sites (tertiary alicyclic amines) is 1. The summed E-state index contributed by atoms with van der Waals surface area (Å²) in [5, 5.41) is 9.84. The molecule has 0 unspecified atom stereocenters. The van der Waals surface area contributed by atoms with E-state index in [-0.39, 0.29) is 6.03 Å². The predicted molar refractivity (Wildman–Crippen MR) is 75.1 cm³/mol. The Morgan fingerprint density at radius 2 is 2.32 bits per heavy atom. The molecule has 0 saturated carbocycles. The summed E-state index contributed by atoms with van der Waals surface area (Å²) in [6.07, 6.45) is 4.66. The van der Waals surface area contributed by atoms with Crippen LogP contribution in [0.2, 0.25) is 0 Å². The van der Waals surface area contributed by atoms with Crippen molar-refractivity contribution in [1.82, 2.24) is 20.0 Å². The molecular formula is C13H23N5O. The molecule has 2 amide bonds. The summed E-state index contributed by atoms with van der Waals surface area (Å²) in [6.45, 7) is 9.06. The number of rotatable bonds is 5. The number of anilines is 1. The van der Waals surface area contributed by atoms with E-state index in [1.165, 1.54) is 6.42 Å². The van der Waals surface area contributed by atoms with Crippen molar-refractivity contribution in [3.63, 3.8) is 0 Å². The van der Waals surface area contributed by atoms with Crippen LogP contribution in [-0.2, 0) is 6.54 Å². The summed E-state index contributed by atoms with van der Waals surface area (Å²) in [5.74, 6) is 0.573. The number of aryl methyl sites for hydroxylation is 1. The van der Waals surface area contributed by atoms with Crippen molar-refractivity contribution in [1.29, 1.82) is 0 Å². The molecule has 2 N–H and O–H groups in total. The van der Waals surface area contributed by atoms with Crippen LogP contribution < -0.4 is 10.6 Å². The molecule has 0 aliphatic carbocycles. The number of carbonyl (C=O) groups is 1. The molecule has 106 valence electrons. The van der Waals surface area contributed by atoms with Crippen LogP contribution in [0.25, 0.3) is 0 Å². The summed E-state index contributed by atoms with van der Waals surface area (Å²) in [6, 6.07) is -0.148. The Bertz CT molecular complexity index is 417. The van der Waals surface area contributed by atoms with Gasteiger partial charge in [0.25, 0.3) is 0 Å². The molecular weight excluding hydrogens is 242 g/mol. The molecule has 0 bridgehead atoms. The first-order chi connectivity index (χ1) is 9.21. The van der Waals surface area contributed by atoms with Gasteiger partial charge in [-0.05, 0) is 32.4 Å². The van der Waals surface area contributed by atoms with Crippen LogP contribution in [0.15, 0.2) is 12.4 Å². The van der Waals surface area contributed by atoms with Crippen LogP contribution in [0, 0.1) is 5.92 Å². The Morgan fingerprint density at radius 3 is 2.95 bits per heavy atom. The molecule has 1 atom stereocenters. The van der Waals surface area contributed by atoms with Gasteiger partial charge in [0.1, 0.15) is 0 Å². The zero-order valence-electron chi connectivity index (χ0n) is 11.7. The number of hydrogen-bond donors (Lipinski definition) is 2. The van der Waals surface area contributed by atoms with Gasteiger partial charge in [-0.25, -0.2) is 4.79 Å². The van der Waals surface area contributed by atoms with Crippen LogP contribution >= 0.6 is 0 Å². The van der Waals surface area contributed by atoms with E-state index in [2.05, 4.69) is 27.6 Å². The second kappa shape index (κ2) is 6.56. The van der Waals surface area contributed by atoms with Crippen molar-refractivity contribution < 1.29 is 4.79 Å². The lowest BCUT2D eigenvalue weighted by molar-refractivity contribution is 0.250. The van der Waals surface area contributed by atoms with E-state index in [1.807, 2.05) is 13.1 Å². The summed E-state index contributed by atoms with van der Waals surface area (Å²) in [5.41, 5.74) is 0.737. The first kappa shape index (κ1) is 13.9. The number of amides is 2. The molecule has 0 spiro atoms. The van der Waals surface area contributed by atoms with Gasteiger partial charge in [0.05, 0.1) is 11.9 Å². The smallest absolute Gasteiger partial charge is 0.319 e. The van der Waals surface area contributed by atoms with Crippen molar-refractivity contribution in [2.24, 2.45) is 5.92 Å². The van der Waals surface area contributed by atoms with Gasteiger partial charge >= 0.3 is 6.03 Å². The zero-order valence-corrected chi connectivity index (χ0v) is 11.7. The number of urea groups is 1. The third-order valence-electron chi connectivity index (χ3n) is 3.58. The van der Waals surface area contributed by atoms with Gasteiger partial charge in [-0.2, -0.15) is 5.10 Å². The lowest BCUT2D eigenvalue weighted by Gasteiger charge is -2.13. The van der Waals surface area contributed by atoms with E-state index in [0.717, 1.165) is 38.4 Å². The number of aromatic nitrogens is 2. The molecule has 1 aromatic heterocycles. The molecule has 6 nitrogen and oxygen atoms in total. The topological polar surface area (TPSA) is 62.2 Å². The molecule has 1 aromatic rings. The zero-order chi connectivity index (χ0) is 13.7. The Hall–Kier alpha value is -1.56. The fourth-order valence-corrected chi connectivity index (χ4v) is 2.38. The van der Waals surface area contributed by atoms with Gasteiger partial charge in [0, 0.05) is 25.8 Å². The van der Waals surface area contributed by atoms with Gasteiger partial charge < -0.3 is 15.5 Å². The largest absolute Gasteiger partial charge is 0.338 e. The van der Waals surface area contributed by atoms with Gasteiger partial charge in [0.15, 0.2) is 0 Å². The molecule has 1 saturated heterocycles. The maximum atomic E-state index is 11.7. The van der Waals surface area contributed by atoms with Gasteiger partial charge in [-0.1, -0.05) is 6.92 Å². The minimum absolute atomic E-state index is 0.148. The first-order valence-electron chi connectivity index (χ1n) is 7.01.